The van der Waals surface area contributed by atoms with Crippen LogP contribution >= 0.6 is 0 Å². The summed E-state index contributed by atoms with van der Waals surface area (Å²) in [5, 5.41) is 0. The van der Waals surface area contributed by atoms with Gasteiger partial charge in [0.1, 0.15) is 11.6 Å². The van der Waals surface area contributed by atoms with Crippen molar-refractivity contribution < 1.29 is 8.78 Å². The molecule has 1 radical (unpaired) electrons. The molecule has 1 aromatic rings. The molecule has 0 saturated carbocycles. The zero-order chi connectivity index (χ0) is 10.3. The van der Waals surface area contributed by atoms with Gasteiger partial charge in [0.15, 0.2) is 7.28 Å². The van der Waals surface area contributed by atoms with Crippen LogP contribution in [0.15, 0.2) is 6.07 Å². The molecule has 0 fully saturated rings. The van der Waals surface area contributed by atoms with Crippen molar-refractivity contribution in [3.8, 4) is 0 Å². The molecule has 73 valence electrons. The summed E-state index contributed by atoms with van der Waals surface area (Å²) in [6, 6.07) is 1.47. The molecule has 1 unspecified atom stereocenters. The third-order valence-electron chi connectivity index (χ3n) is 2.86. The number of fused-ring (bicyclic) bond motifs is 1. The highest BCUT2D eigenvalue weighted by Crippen LogP contribution is 2.20. The van der Waals surface area contributed by atoms with Crippen molar-refractivity contribution in [1.82, 2.24) is 0 Å². The number of hydrogen-bond donors (Lipinski definition) is 0. The Morgan fingerprint density at radius 2 is 2.14 bits per heavy atom. The fourth-order valence-electron chi connectivity index (χ4n) is 1.95. The minimum absolute atomic E-state index is 0.134. The summed E-state index contributed by atoms with van der Waals surface area (Å²) in [4.78, 5) is 0. The quantitative estimate of drug-likeness (QED) is 0.554. The molecule has 3 heteroatoms. The molecule has 1 atom stereocenters. The summed E-state index contributed by atoms with van der Waals surface area (Å²) in [6.45, 7) is 3.58. The average molecular weight is 193 g/mol. The predicted molar refractivity (Wildman–Crippen MR) is 54.2 cm³/mol. The highest BCUT2D eigenvalue weighted by Gasteiger charge is 2.22. The lowest BCUT2D eigenvalue weighted by Gasteiger charge is -2.22. The van der Waals surface area contributed by atoms with Crippen molar-refractivity contribution >= 4 is 12.7 Å². The molecule has 0 spiro atoms. The van der Waals surface area contributed by atoms with E-state index in [1.165, 1.54) is 13.0 Å². The first-order valence-electron chi connectivity index (χ1n) is 4.90. The van der Waals surface area contributed by atoms with E-state index < -0.39 is 5.82 Å². The van der Waals surface area contributed by atoms with E-state index in [1.807, 2.05) is 7.28 Å². The minimum Gasteiger partial charge on any atom is -0.207 e. The minimum atomic E-state index is -0.427. The van der Waals surface area contributed by atoms with Gasteiger partial charge in [-0.05, 0) is 36.4 Å². The van der Waals surface area contributed by atoms with Crippen LogP contribution in [0.1, 0.15) is 18.1 Å². The highest BCUT2D eigenvalue weighted by atomic mass is 19.1. The van der Waals surface area contributed by atoms with Crippen LogP contribution in [0.4, 0.5) is 8.78 Å². The molecule has 0 aliphatic carbocycles. The summed E-state index contributed by atoms with van der Waals surface area (Å²) >= 11 is 0. The van der Waals surface area contributed by atoms with E-state index in [2.05, 4.69) is 6.92 Å². The summed E-state index contributed by atoms with van der Waals surface area (Å²) < 4.78 is 26.8. The molecule has 14 heavy (non-hydrogen) atoms. The van der Waals surface area contributed by atoms with Gasteiger partial charge in [-0.2, -0.15) is 0 Å². The van der Waals surface area contributed by atoms with Gasteiger partial charge in [-0.1, -0.05) is 13.2 Å². The van der Waals surface area contributed by atoms with Crippen LogP contribution < -0.4 is 5.46 Å². The smallest absolute Gasteiger partial charge is 0.156 e. The molecule has 0 bridgehead atoms. The molecule has 2 rings (SSSR count). The van der Waals surface area contributed by atoms with Crippen molar-refractivity contribution in [3.63, 3.8) is 0 Å². The van der Waals surface area contributed by atoms with Gasteiger partial charge >= 0.3 is 0 Å². The van der Waals surface area contributed by atoms with Crippen molar-refractivity contribution in [2.24, 2.45) is 5.92 Å². The zero-order valence-electron chi connectivity index (χ0n) is 8.40. The van der Waals surface area contributed by atoms with Crippen LogP contribution in [0, 0.1) is 24.5 Å². The molecule has 1 aromatic carbocycles. The first-order chi connectivity index (χ1) is 6.59. The van der Waals surface area contributed by atoms with Gasteiger partial charge in [0.05, 0.1) is 0 Å². The van der Waals surface area contributed by atoms with Crippen LogP contribution in [0.5, 0.6) is 0 Å². The second-order valence-electron chi connectivity index (χ2n) is 4.12. The maximum absolute atomic E-state index is 13.6. The van der Waals surface area contributed by atoms with E-state index >= 15 is 0 Å². The SMILES string of the molecule is Cc1c(F)cc2c(c1F)[B]CC(C)C2. The molecule has 0 amide bonds. The molecule has 1 heterocycles. The third-order valence-corrected chi connectivity index (χ3v) is 2.86. The number of hydrogen-bond acceptors (Lipinski definition) is 0. The first kappa shape index (κ1) is 9.69. The molecule has 1 aliphatic rings. The maximum Gasteiger partial charge on any atom is 0.156 e. The molecule has 0 N–H and O–H groups in total. The van der Waals surface area contributed by atoms with E-state index in [1.54, 1.807) is 0 Å². The molecule has 0 nitrogen and oxygen atoms in total. The van der Waals surface area contributed by atoms with E-state index in [4.69, 9.17) is 0 Å². The second-order valence-corrected chi connectivity index (χ2v) is 4.12. The fourth-order valence-corrected chi connectivity index (χ4v) is 1.95. The van der Waals surface area contributed by atoms with Gasteiger partial charge in [0.25, 0.3) is 0 Å². The van der Waals surface area contributed by atoms with Crippen LogP contribution in [0.25, 0.3) is 0 Å². The van der Waals surface area contributed by atoms with E-state index in [0.717, 1.165) is 18.3 Å². The van der Waals surface area contributed by atoms with Crippen molar-refractivity contribution in [2.45, 2.75) is 26.6 Å². The summed E-state index contributed by atoms with van der Waals surface area (Å²) in [5.41, 5.74) is 1.56. The molecule has 0 saturated heterocycles. The van der Waals surface area contributed by atoms with Crippen LogP contribution in [-0.4, -0.2) is 7.28 Å². The maximum atomic E-state index is 13.6. The van der Waals surface area contributed by atoms with E-state index in [0.29, 0.717) is 11.4 Å². The Balaban J connectivity index is 2.54. The molecular weight excluding hydrogens is 181 g/mol. The molecule has 0 aromatic heterocycles. The second kappa shape index (κ2) is 3.37. The first-order valence-corrected chi connectivity index (χ1v) is 4.90. The monoisotopic (exact) mass is 193 g/mol. The zero-order valence-corrected chi connectivity index (χ0v) is 8.40. The van der Waals surface area contributed by atoms with E-state index in [9.17, 15) is 8.78 Å². The van der Waals surface area contributed by atoms with Gasteiger partial charge in [0.2, 0.25) is 0 Å². The highest BCUT2D eigenvalue weighted by molar-refractivity contribution is 6.54. The Hall–Kier alpha value is -0.855. The Labute approximate surface area is 83.6 Å². The average Bonchev–Trinajstić information content (AvgIpc) is 2.14. The van der Waals surface area contributed by atoms with Crippen LogP contribution in [-0.2, 0) is 6.42 Å². The Morgan fingerprint density at radius 3 is 2.86 bits per heavy atom. The molecule has 1 aliphatic heterocycles. The van der Waals surface area contributed by atoms with Gasteiger partial charge in [-0.25, -0.2) is 8.78 Å². The summed E-state index contributed by atoms with van der Waals surface area (Å²) in [6.07, 6.45) is 1.66. The van der Waals surface area contributed by atoms with Gasteiger partial charge in [-0.3, -0.25) is 0 Å². The van der Waals surface area contributed by atoms with Crippen LogP contribution in [0.3, 0.4) is 0 Å². The third kappa shape index (κ3) is 1.45. The number of rotatable bonds is 0. The summed E-state index contributed by atoms with van der Waals surface area (Å²) in [5.74, 6) is -0.320. The summed E-state index contributed by atoms with van der Waals surface area (Å²) in [7, 11) is 1.88. The van der Waals surface area contributed by atoms with Crippen molar-refractivity contribution in [2.75, 3.05) is 0 Å². The number of benzene rings is 1. The Morgan fingerprint density at radius 1 is 1.43 bits per heavy atom. The Kier molecular flexibility index (Phi) is 2.34. The Bertz CT molecular complexity index is 374. The van der Waals surface area contributed by atoms with E-state index in [-0.39, 0.29) is 11.4 Å². The van der Waals surface area contributed by atoms with Gasteiger partial charge in [0, 0.05) is 5.56 Å². The lowest BCUT2D eigenvalue weighted by Crippen LogP contribution is -2.32. The fraction of sp³-hybridized carbons (Fsp3) is 0.455. The normalized spacial score (nSPS) is 20.1. The lowest BCUT2D eigenvalue weighted by molar-refractivity contribution is 0.559. The van der Waals surface area contributed by atoms with Crippen molar-refractivity contribution in [3.05, 3.63) is 28.8 Å². The largest absolute Gasteiger partial charge is 0.207 e. The predicted octanol–water partition coefficient (Wildman–Crippen LogP) is 2.21. The number of halogens is 2. The van der Waals surface area contributed by atoms with Crippen molar-refractivity contribution in [1.29, 1.82) is 0 Å². The van der Waals surface area contributed by atoms with Gasteiger partial charge in [-0.15, -0.1) is 0 Å². The van der Waals surface area contributed by atoms with Gasteiger partial charge < -0.3 is 0 Å². The lowest BCUT2D eigenvalue weighted by atomic mass is 9.56. The topological polar surface area (TPSA) is 0 Å². The van der Waals surface area contributed by atoms with Crippen LogP contribution in [0.2, 0.25) is 6.32 Å². The standard InChI is InChI=1S/C11H12BF2/c1-6-3-8-4-9(13)7(2)11(14)10(8)12-5-6/h4,6H,3,5H2,1-2H3. The molecular formula is C11H12BF2.